The normalized spacial score (nSPS) is 15.8. The van der Waals surface area contributed by atoms with E-state index in [1.165, 1.54) is 6.42 Å². The number of nitrogens with zero attached hydrogens (tertiary/aromatic N) is 2. The van der Waals surface area contributed by atoms with E-state index in [-0.39, 0.29) is 5.69 Å². The fourth-order valence-electron chi connectivity index (χ4n) is 2.28. The van der Waals surface area contributed by atoms with Gasteiger partial charge in [0.2, 0.25) is 0 Å². The Kier molecular flexibility index (Phi) is 2.75. The first-order valence-corrected chi connectivity index (χ1v) is 5.56. The van der Waals surface area contributed by atoms with Gasteiger partial charge in [-0.25, -0.2) is 4.79 Å². The Balaban J connectivity index is 2.49. The highest BCUT2D eigenvalue weighted by Gasteiger charge is 2.22. The molecule has 1 aliphatic rings. The van der Waals surface area contributed by atoms with Gasteiger partial charge in [-0.1, -0.05) is 6.42 Å². The van der Waals surface area contributed by atoms with E-state index in [0.717, 1.165) is 43.5 Å². The zero-order valence-electron chi connectivity index (χ0n) is 8.99. The van der Waals surface area contributed by atoms with E-state index < -0.39 is 5.97 Å². The van der Waals surface area contributed by atoms with Crippen LogP contribution in [0.1, 0.15) is 47.9 Å². The molecule has 0 spiro atoms. The van der Waals surface area contributed by atoms with E-state index in [9.17, 15) is 4.79 Å². The Labute approximate surface area is 88.9 Å². The van der Waals surface area contributed by atoms with Gasteiger partial charge in [-0.15, -0.1) is 0 Å². The van der Waals surface area contributed by atoms with Gasteiger partial charge in [0, 0.05) is 17.8 Å². The van der Waals surface area contributed by atoms with Crippen LogP contribution in [0.25, 0.3) is 0 Å². The van der Waals surface area contributed by atoms with Crippen molar-refractivity contribution in [1.29, 1.82) is 0 Å². The molecule has 15 heavy (non-hydrogen) atoms. The topological polar surface area (TPSA) is 55.1 Å². The molecular formula is C11H16N2O2. The molecule has 0 atom stereocenters. The smallest absolute Gasteiger partial charge is 0.356 e. The average molecular weight is 208 g/mol. The number of carboxylic acid groups (broad SMARTS) is 1. The second-order valence-electron chi connectivity index (χ2n) is 3.96. The van der Waals surface area contributed by atoms with Crippen molar-refractivity contribution in [3.63, 3.8) is 0 Å². The summed E-state index contributed by atoms with van der Waals surface area (Å²) in [6, 6.07) is 0. The highest BCUT2D eigenvalue weighted by Crippen LogP contribution is 2.23. The van der Waals surface area contributed by atoms with Crippen LogP contribution in [0.2, 0.25) is 0 Å². The molecule has 0 saturated carbocycles. The van der Waals surface area contributed by atoms with Crippen LogP contribution in [0.5, 0.6) is 0 Å². The van der Waals surface area contributed by atoms with Crippen molar-refractivity contribution in [3.8, 4) is 0 Å². The summed E-state index contributed by atoms with van der Waals surface area (Å²) in [6.45, 7) is 2.76. The number of aromatic nitrogens is 2. The molecule has 1 heterocycles. The molecule has 4 nitrogen and oxygen atoms in total. The monoisotopic (exact) mass is 208 g/mol. The number of aromatic carboxylic acids is 1. The van der Waals surface area contributed by atoms with E-state index in [1.807, 2.05) is 11.6 Å². The Morgan fingerprint density at radius 1 is 1.40 bits per heavy atom. The second-order valence-corrected chi connectivity index (χ2v) is 3.96. The molecule has 0 bridgehead atoms. The van der Waals surface area contributed by atoms with Crippen molar-refractivity contribution in [3.05, 3.63) is 17.0 Å². The minimum atomic E-state index is -0.889. The third-order valence-electron chi connectivity index (χ3n) is 3.01. The quantitative estimate of drug-likeness (QED) is 0.755. The summed E-state index contributed by atoms with van der Waals surface area (Å²) in [5, 5.41) is 13.2. The summed E-state index contributed by atoms with van der Waals surface area (Å²) in [5.74, 6) is -0.889. The summed E-state index contributed by atoms with van der Waals surface area (Å²) in [6.07, 6.45) is 5.28. The van der Waals surface area contributed by atoms with Crippen LogP contribution in [0.3, 0.4) is 0 Å². The number of hydrogen-bond donors (Lipinski definition) is 1. The maximum Gasteiger partial charge on any atom is 0.356 e. The minimum absolute atomic E-state index is 0.272. The molecule has 0 aromatic carbocycles. The lowest BCUT2D eigenvalue weighted by Crippen LogP contribution is -2.04. The van der Waals surface area contributed by atoms with Gasteiger partial charge in [0.25, 0.3) is 0 Å². The van der Waals surface area contributed by atoms with E-state index in [2.05, 4.69) is 5.10 Å². The summed E-state index contributed by atoms with van der Waals surface area (Å²) in [5.41, 5.74) is 2.39. The van der Waals surface area contributed by atoms with Gasteiger partial charge < -0.3 is 5.11 Å². The molecule has 2 rings (SSSR count). The fourth-order valence-corrected chi connectivity index (χ4v) is 2.28. The molecule has 1 aromatic rings. The maximum atomic E-state index is 11.0. The average Bonchev–Trinajstić information content (AvgIpc) is 2.41. The Hall–Kier alpha value is -1.32. The number of hydrogen-bond acceptors (Lipinski definition) is 2. The van der Waals surface area contributed by atoms with Crippen molar-refractivity contribution in [1.82, 2.24) is 9.78 Å². The molecular weight excluding hydrogens is 192 g/mol. The van der Waals surface area contributed by atoms with Gasteiger partial charge in [-0.2, -0.15) is 5.10 Å². The molecule has 82 valence electrons. The molecule has 0 saturated heterocycles. The van der Waals surface area contributed by atoms with Gasteiger partial charge in [0.05, 0.1) is 0 Å². The zero-order valence-corrected chi connectivity index (χ0v) is 8.99. The maximum absolute atomic E-state index is 11.0. The minimum Gasteiger partial charge on any atom is -0.476 e. The van der Waals surface area contributed by atoms with Crippen LogP contribution < -0.4 is 0 Å². The van der Waals surface area contributed by atoms with Gasteiger partial charge in [0.1, 0.15) is 0 Å². The van der Waals surface area contributed by atoms with Gasteiger partial charge in [-0.3, -0.25) is 4.68 Å². The molecule has 0 aliphatic heterocycles. The highest BCUT2D eigenvalue weighted by atomic mass is 16.4. The van der Waals surface area contributed by atoms with Crippen LogP contribution in [0.15, 0.2) is 0 Å². The van der Waals surface area contributed by atoms with E-state index in [4.69, 9.17) is 5.11 Å². The third kappa shape index (κ3) is 1.76. The molecule has 1 N–H and O–H groups in total. The highest BCUT2D eigenvalue weighted by molar-refractivity contribution is 5.87. The lowest BCUT2D eigenvalue weighted by atomic mass is 10.1. The van der Waals surface area contributed by atoms with E-state index in [1.54, 1.807) is 0 Å². The number of aryl methyl sites for hydroxylation is 1. The first-order valence-electron chi connectivity index (χ1n) is 5.56. The predicted octanol–water partition coefficient (Wildman–Crippen LogP) is 1.87. The molecule has 1 aliphatic carbocycles. The molecule has 0 unspecified atom stereocenters. The number of carbonyl (C=O) groups is 1. The van der Waals surface area contributed by atoms with Crippen molar-refractivity contribution < 1.29 is 9.90 Å². The lowest BCUT2D eigenvalue weighted by Gasteiger charge is -2.03. The second kappa shape index (κ2) is 4.04. The van der Waals surface area contributed by atoms with Gasteiger partial charge >= 0.3 is 5.97 Å². The number of carboxylic acids is 1. The molecule has 0 amide bonds. The summed E-state index contributed by atoms with van der Waals surface area (Å²) >= 11 is 0. The van der Waals surface area contributed by atoms with E-state index >= 15 is 0 Å². The summed E-state index contributed by atoms with van der Waals surface area (Å²) < 4.78 is 1.85. The van der Waals surface area contributed by atoms with Crippen LogP contribution in [-0.4, -0.2) is 20.9 Å². The van der Waals surface area contributed by atoms with Crippen LogP contribution in [0.4, 0.5) is 0 Å². The van der Waals surface area contributed by atoms with Crippen molar-refractivity contribution in [2.24, 2.45) is 0 Å². The molecule has 1 aromatic heterocycles. The number of rotatable bonds is 2. The fraction of sp³-hybridized carbons (Fsp3) is 0.636. The first-order chi connectivity index (χ1) is 7.24. The Bertz CT molecular complexity index is 382. The van der Waals surface area contributed by atoms with Crippen LogP contribution >= 0.6 is 0 Å². The molecule has 4 heteroatoms. The lowest BCUT2D eigenvalue weighted by molar-refractivity contribution is 0.0688. The van der Waals surface area contributed by atoms with Crippen molar-refractivity contribution in [2.45, 2.75) is 45.6 Å². The van der Waals surface area contributed by atoms with Crippen molar-refractivity contribution >= 4 is 5.97 Å². The molecule has 0 radical (unpaired) electrons. The van der Waals surface area contributed by atoms with Crippen molar-refractivity contribution in [2.75, 3.05) is 0 Å². The summed E-state index contributed by atoms with van der Waals surface area (Å²) in [4.78, 5) is 11.0. The number of fused-ring (bicyclic) bond motifs is 1. The van der Waals surface area contributed by atoms with Gasteiger partial charge in [-0.05, 0) is 32.6 Å². The van der Waals surface area contributed by atoms with E-state index in [0.29, 0.717) is 0 Å². The third-order valence-corrected chi connectivity index (χ3v) is 3.01. The first kappa shape index (κ1) is 10.2. The van der Waals surface area contributed by atoms with Gasteiger partial charge in [0.15, 0.2) is 5.69 Å². The SMILES string of the molecule is CCn1nc(C(=O)O)c2c1CCCCC2. The van der Waals surface area contributed by atoms with Crippen LogP contribution in [0, 0.1) is 0 Å². The zero-order chi connectivity index (χ0) is 10.8. The largest absolute Gasteiger partial charge is 0.476 e. The summed E-state index contributed by atoms with van der Waals surface area (Å²) in [7, 11) is 0. The Morgan fingerprint density at radius 3 is 2.80 bits per heavy atom. The van der Waals surface area contributed by atoms with Crippen LogP contribution in [-0.2, 0) is 19.4 Å². The predicted molar refractivity (Wildman–Crippen MR) is 56.1 cm³/mol. The molecule has 0 fully saturated rings. The standard InChI is InChI=1S/C11H16N2O2/c1-2-13-9-7-5-3-4-6-8(9)10(12-13)11(14)15/h2-7H2,1H3,(H,14,15). The Morgan fingerprint density at radius 2 is 2.13 bits per heavy atom.